The van der Waals surface area contributed by atoms with Gasteiger partial charge in [0.1, 0.15) is 0 Å². The molecule has 27 heavy (non-hydrogen) atoms. The molecule has 2 aromatic carbocycles. The maximum Gasteiger partial charge on any atom is 0.251 e. The molecule has 0 atom stereocenters. The van der Waals surface area contributed by atoms with Crippen LogP contribution in [0.2, 0.25) is 0 Å². The minimum atomic E-state index is -0.199. The Labute approximate surface area is 158 Å². The summed E-state index contributed by atoms with van der Waals surface area (Å²) >= 11 is 0. The Bertz CT molecular complexity index is 801. The number of rotatable bonds is 7. The van der Waals surface area contributed by atoms with Gasteiger partial charge in [0.15, 0.2) is 0 Å². The van der Waals surface area contributed by atoms with Crippen LogP contribution in [0.3, 0.4) is 0 Å². The average molecular weight is 368 g/mol. The SMILES string of the molecule is CCNC(=O)c1ccc(NCC(=O)Nc2ccc(N(C)C(C)=O)cc2)cc1. The van der Waals surface area contributed by atoms with E-state index >= 15 is 0 Å². The van der Waals surface area contributed by atoms with Gasteiger partial charge in [-0.05, 0) is 55.5 Å². The lowest BCUT2D eigenvalue weighted by Gasteiger charge is -2.15. The van der Waals surface area contributed by atoms with Crippen molar-refractivity contribution in [3.8, 4) is 0 Å². The maximum atomic E-state index is 12.1. The fourth-order valence-electron chi connectivity index (χ4n) is 2.34. The third-order valence-corrected chi connectivity index (χ3v) is 3.95. The zero-order valence-electron chi connectivity index (χ0n) is 15.7. The van der Waals surface area contributed by atoms with Gasteiger partial charge in [-0.1, -0.05) is 0 Å². The number of nitrogens with one attached hydrogen (secondary N) is 3. The van der Waals surface area contributed by atoms with Gasteiger partial charge in [-0.3, -0.25) is 14.4 Å². The Morgan fingerprint density at radius 1 is 0.926 bits per heavy atom. The van der Waals surface area contributed by atoms with Crippen molar-refractivity contribution in [3.63, 3.8) is 0 Å². The number of carbonyl (C=O) groups excluding carboxylic acids is 3. The molecule has 0 aromatic heterocycles. The standard InChI is InChI=1S/C20H24N4O3/c1-4-21-20(27)15-5-7-16(8-6-15)22-13-19(26)23-17-9-11-18(12-10-17)24(3)14(2)25/h5-12,22H,4,13H2,1-3H3,(H,21,27)(H,23,26). The molecule has 2 rings (SSSR count). The van der Waals surface area contributed by atoms with E-state index in [1.165, 1.54) is 11.8 Å². The van der Waals surface area contributed by atoms with E-state index in [1.54, 1.807) is 55.6 Å². The lowest BCUT2D eigenvalue weighted by atomic mass is 10.2. The molecule has 0 heterocycles. The zero-order valence-corrected chi connectivity index (χ0v) is 15.7. The molecule has 0 aliphatic rings. The van der Waals surface area contributed by atoms with Gasteiger partial charge in [0.25, 0.3) is 5.91 Å². The first-order valence-corrected chi connectivity index (χ1v) is 8.67. The zero-order chi connectivity index (χ0) is 19.8. The summed E-state index contributed by atoms with van der Waals surface area (Å²) in [5.74, 6) is -0.384. The Morgan fingerprint density at radius 3 is 2.07 bits per heavy atom. The van der Waals surface area contributed by atoms with Crippen LogP contribution in [-0.2, 0) is 9.59 Å². The van der Waals surface area contributed by atoms with Crippen molar-refractivity contribution in [2.75, 3.05) is 35.7 Å². The first-order chi connectivity index (χ1) is 12.9. The number of amides is 3. The number of anilines is 3. The van der Waals surface area contributed by atoms with Crippen LogP contribution in [0.25, 0.3) is 0 Å². The highest BCUT2D eigenvalue weighted by Gasteiger charge is 2.07. The maximum absolute atomic E-state index is 12.1. The highest BCUT2D eigenvalue weighted by atomic mass is 16.2. The molecule has 0 spiro atoms. The van der Waals surface area contributed by atoms with Gasteiger partial charge >= 0.3 is 0 Å². The lowest BCUT2D eigenvalue weighted by molar-refractivity contribution is -0.116. The van der Waals surface area contributed by atoms with Gasteiger partial charge in [0, 0.05) is 43.1 Å². The van der Waals surface area contributed by atoms with Gasteiger partial charge in [-0.25, -0.2) is 0 Å². The Morgan fingerprint density at radius 2 is 1.52 bits per heavy atom. The number of hydrogen-bond acceptors (Lipinski definition) is 4. The fraction of sp³-hybridized carbons (Fsp3) is 0.250. The molecular formula is C20H24N4O3. The minimum Gasteiger partial charge on any atom is -0.376 e. The summed E-state index contributed by atoms with van der Waals surface area (Å²) in [6.45, 7) is 4.02. The number of hydrogen-bond donors (Lipinski definition) is 3. The quantitative estimate of drug-likeness (QED) is 0.700. The fourth-order valence-corrected chi connectivity index (χ4v) is 2.34. The van der Waals surface area contributed by atoms with Gasteiger partial charge in [-0.2, -0.15) is 0 Å². The summed E-state index contributed by atoms with van der Waals surface area (Å²) in [5, 5.41) is 8.53. The topological polar surface area (TPSA) is 90.5 Å². The molecule has 3 N–H and O–H groups in total. The normalized spacial score (nSPS) is 10.0. The van der Waals surface area contributed by atoms with E-state index in [1.807, 2.05) is 6.92 Å². The van der Waals surface area contributed by atoms with E-state index < -0.39 is 0 Å². The van der Waals surface area contributed by atoms with E-state index in [0.717, 1.165) is 11.4 Å². The molecule has 3 amide bonds. The number of carbonyl (C=O) groups is 3. The van der Waals surface area contributed by atoms with Crippen LogP contribution in [0.1, 0.15) is 24.2 Å². The highest BCUT2D eigenvalue weighted by Crippen LogP contribution is 2.17. The average Bonchev–Trinajstić information content (AvgIpc) is 2.67. The molecule has 0 aliphatic heterocycles. The van der Waals surface area contributed by atoms with Crippen molar-refractivity contribution in [2.45, 2.75) is 13.8 Å². The molecule has 7 heteroatoms. The Balaban J connectivity index is 1.85. The summed E-state index contributed by atoms with van der Waals surface area (Å²) < 4.78 is 0. The van der Waals surface area contributed by atoms with E-state index in [0.29, 0.717) is 17.8 Å². The number of benzene rings is 2. The molecule has 0 saturated carbocycles. The lowest BCUT2D eigenvalue weighted by Crippen LogP contribution is -2.23. The van der Waals surface area contributed by atoms with Crippen molar-refractivity contribution in [1.82, 2.24) is 5.32 Å². The Hall–Kier alpha value is -3.35. The third-order valence-electron chi connectivity index (χ3n) is 3.95. The van der Waals surface area contributed by atoms with Crippen molar-refractivity contribution < 1.29 is 14.4 Å². The molecular weight excluding hydrogens is 344 g/mol. The molecule has 0 unspecified atom stereocenters. The Kier molecular flexibility index (Phi) is 6.93. The van der Waals surface area contributed by atoms with Gasteiger partial charge in [0.2, 0.25) is 11.8 Å². The van der Waals surface area contributed by atoms with Crippen molar-refractivity contribution in [2.24, 2.45) is 0 Å². The van der Waals surface area contributed by atoms with Crippen molar-refractivity contribution >= 4 is 34.8 Å². The molecule has 0 aliphatic carbocycles. The van der Waals surface area contributed by atoms with Crippen LogP contribution in [0.15, 0.2) is 48.5 Å². The number of nitrogens with zero attached hydrogens (tertiary/aromatic N) is 1. The van der Waals surface area contributed by atoms with Crippen LogP contribution in [0.4, 0.5) is 17.1 Å². The van der Waals surface area contributed by atoms with E-state index in [-0.39, 0.29) is 24.3 Å². The third kappa shape index (κ3) is 5.85. The summed E-state index contributed by atoms with van der Waals surface area (Å²) in [6, 6.07) is 13.9. The molecule has 7 nitrogen and oxygen atoms in total. The monoisotopic (exact) mass is 368 g/mol. The summed E-state index contributed by atoms with van der Waals surface area (Å²) in [5.41, 5.74) is 2.72. The first-order valence-electron chi connectivity index (χ1n) is 8.67. The molecule has 0 radical (unpaired) electrons. The van der Waals surface area contributed by atoms with Crippen molar-refractivity contribution in [1.29, 1.82) is 0 Å². The second-order valence-corrected chi connectivity index (χ2v) is 5.96. The summed E-state index contributed by atoms with van der Waals surface area (Å²) in [7, 11) is 1.69. The predicted octanol–water partition coefficient (Wildman–Crippen LogP) is 2.47. The smallest absolute Gasteiger partial charge is 0.251 e. The van der Waals surface area contributed by atoms with E-state index in [2.05, 4.69) is 16.0 Å². The van der Waals surface area contributed by atoms with E-state index in [9.17, 15) is 14.4 Å². The second kappa shape index (κ2) is 9.38. The highest BCUT2D eigenvalue weighted by molar-refractivity contribution is 5.96. The second-order valence-electron chi connectivity index (χ2n) is 5.96. The molecule has 0 bridgehead atoms. The van der Waals surface area contributed by atoms with E-state index in [4.69, 9.17) is 0 Å². The molecule has 0 saturated heterocycles. The molecule has 0 fully saturated rings. The molecule has 2 aromatic rings. The van der Waals surface area contributed by atoms with Crippen molar-refractivity contribution in [3.05, 3.63) is 54.1 Å². The van der Waals surface area contributed by atoms with Crippen LogP contribution >= 0.6 is 0 Å². The summed E-state index contributed by atoms with van der Waals surface area (Å²) in [6.07, 6.45) is 0. The largest absolute Gasteiger partial charge is 0.376 e. The van der Waals surface area contributed by atoms with Gasteiger partial charge < -0.3 is 20.9 Å². The summed E-state index contributed by atoms with van der Waals surface area (Å²) in [4.78, 5) is 36.7. The minimum absolute atomic E-state index is 0.0609. The van der Waals surface area contributed by atoms with Crippen LogP contribution in [-0.4, -0.2) is 37.9 Å². The molecule has 142 valence electrons. The van der Waals surface area contributed by atoms with Crippen LogP contribution < -0.4 is 20.9 Å². The van der Waals surface area contributed by atoms with Gasteiger partial charge in [0.05, 0.1) is 6.54 Å². The van der Waals surface area contributed by atoms with Gasteiger partial charge in [-0.15, -0.1) is 0 Å². The van der Waals surface area contributed by atoms with Crippen LogP contribution in [0, 0.1) is 0 Å². The first kappa shape index (κ1) is 20.0. The van der Waals surface area contributed by atoms with Crippen LogP contribution in [0.5, 0.6) is 0 Å². The predicted molar refractivity (Wildman–Crippen MR) is 107 cm³/mol.